The first-order valence-electron chi connectivity index (χ1n) is 37.2. The van der Waals surface area contributed by atoms with E-state index in [0.717, 1.165) is 11.8 Å². The van der Waals surface area contributed by atoms with Crippen LogP contribution in [-0.4, -0.2) is 12.6 Å². The summed E-state index contributed by atoms with van der Waals surface area (Å²) in [5, 5.41) is 0. The fraction of sp³-hybridized carbons (Fsp3) is 0.961. The number of hydrogen-bond acceptors (Lipinski definition) is 2. The summed E-state index contributed by atoms with van der Waals surface area (Å²) in [4.78, 5) is 12.2. The van der Waals surface area contributed by atoms with Crippen LogP contribution in [0.15, 0.2) is 12.2 Å². The number of ether oxygens (including phenoxy) is 1. The number of carbonyl (C=O) groups excluding carboxylic acids is 1. The van der Waals surface area contributed by atoms with Crippen molar-refractivity contribution < 1.29 is 9.53 Å². The van der Waals surface area contributed by atoms with Gasteiger partial charge in [0.2, 0.25) is 0 Å². The lowest BCUT2D eigenvalue weighted by atomic mass is 9.94. The molecule has 78 heavy (non-hydrogen) atoms. The van der Waals surface area contributed by atoms with E-state index in [4.69, 9.17) is 4.74 Å². The highest BCUT2D eigenvalue weighted by Gasteiger charge is 2.13. The Morgan fingerprint density at radius 3 is 0.500 bits per heavy atom. The van der Waals surface area contributed by atoms with Crippen LogP contribution in [0.2, 0.25) is 0 Å². The third kappa shape index (κ3) is 67.7. The van der Waals surface area contributed by atoms with E-state index >= 15 is 0 Å². The molecule has 0 N–H and O–H groups in total. The van der Waals surface area contributed by atoms with Gasteiger partial charge in [0.05, 0.1) is 6.61 Å². The zero-order valence-electron chi connectivity index (χ0n) is 55.2. The number of rotatable bonds is 69. The van der Waals surface area contributed by atoms with Gasteiger partial charge in [0.25, 0.3) is 0 Å². The quantitative estimate of drug-likeness (QED) is 0.0345. The van der Waals surface area contributed by atoms with Crippen LogP contribution in [0.3, 0.4) is 0 Å². The van der Waals surface area contributed by atoms with Gasteiger partial charge in [-0.15, -0.1) is 0 Å². The fourth-order valence-corrected chi connectivity index (χ4v) is 12.5. The molecule has 2 heteroatoms. The van der Waals surface area contributed by atoms with Crippen LogP contribution < -0.4 is 0 Å². The van der Waals surface area contributed by atoms with Crippen molar-refractivity contribution in [2.45, 2.75) is 446 Å². The smallest absolute Gasteiger partial charge is 0.333 e. The van der Waals surface area contributed by atoms with Gasteiger partial charge in [-0.2, -0.15) is 0 Å². The van der Waals surface area contributed by atoms with E-state index in [1.54, 1.807) is 6.92 Å². The molecule has 0 saturated carbocycles. The molecule has 0 aliphatic carbocycles. The van der Waals surface area contributed by atoms with Gasteiger partial charge in [-0.25, -0.2) is 4.79 Å². The third-order valence-corrected chi connectivity index (χ3v) is 18.1. The summed E-state index contributed by atoms with van der Waals surface area (Å²) in [6.45, 7) is 15.6. The highest BCUT2D eigenvalue weighted by molar-refractivity contribution is 5.86. The summed E-state index contributed by atoms with van der Waals surface area (Å²) in [6, 6.07) is 0. The molecule has 1 atom stereocenters. The van der Waals surface area contributed by atoms with Crippen molar-refractivity contribution >= 4 is 5.97 Å². The molecule has 0 fully saturated rings. The number of carbonyl (C=O) groups is 1. The van der Waals surface area contributed by atoms with Gasteiger partial charge in [-0.05, 0) is 37.5 Å². The van der Waals surface area contributed by atoms with Crippen molar-refractivity contribution in [1.82, 2.24) is 0 Å². The molecule has 0 rings (SSSR count). The Morgan fingerprint density at radius 1 is 0.244 bits per heavy atom. The van der Waals surface area contributed by atoms with Crippen molar-refractivity contribution in [2.24, 2.45) is 17.8 Å². The molecule has 0 amide bonds. The van der Waals surface area contributed by atoms with E-state index in [9.17, 15) is 4.79 Å². The van der Waals surface area contributed by atoms with Crippen molar-refractivity contribution in [3.63, 3.8) is 0 Å². The maximum absolute atomic E-state index is 12.2. The van der Waals surface area contributed by atoms with Crippen molar-refractivity contribution in [3.05, 3.63) is 12.2 Å². The minimum atomic E-state index is -0.207. The summed E-state index contributed by atoms with van der Waals surface area (Å²) in [5.74, 6) is 2.09. The Balaban J connectivity index is 3.51. The van der Waals surface area contributed by atoms with E-state index in [0.29, 0.717) is 18.1 Å². The summed E-state index contributed by atoms with van der Waals surface area (Å²) >= 11 is 0. The zero-order chi connectivity index (χ0) is 56.6. The molecule has 0 spiro atoms. The fourth-order valence-electron chi connectivity index (χ4n) is 12.5. The number of hydrogen-bond donors (Lipinski definition) is 0. The lowest BCUT2D eigenvalue weighted by molar-refractivity contribution is -0.140. The molecule has 0 aliphatic rings. The molecule has 0 aromatic carbocycles. The Kier molecular flexibility index (Phi) is 66.3. The summed E-state index contributed by atoms with van der Waals surface area (Å²) in [7, 11) is 0. The molecular weight excluding hydrogens is 945 g/mol. The first-order chi connectivity index (χ1) is 38.3. The van der Waals surface area contributed by atoms with Crippen LogP contribution in [0.5, 0.6) is 0 Å². The second kappa shape index (κ2) is 67.0. The van der Waals surface area contributed by atoms with Gasteiger partial charge in [0.15, 0.2) is 0 Å². The molecule has 0 heterocycles. The summed E-state index contributed by atoms with van der Waals surface area (Å²) in [6.07, 6.45) is 92.3. The third-order valence-electron chi connectivity index (χ3n) is 18.1. The Labute approximate surface area is 495 Å². The minimum Gasteiger partial charge on any atom is -0.462 e. The Bertz CT molecular complexity index is 1120. The lowest BCUT2D eigenvalue weighted by Gasteiger charge is -2.17. The highest BCUT2D eigenvalue weighted by Crippen LogP contribution is 2.23. The Hall–Kier alpha value is -0.790. The standard InChI is InChI=1S/C76H150O2/c1-72(2)67-63-59-55-51-47-43-39-35-31-27-23-19-15-11-8-7-9-13-17-21-25-29-33-37-41-45-49-53-57-61-65-69-75(71-78-76(77)74(5)6)70-66-62-58-54-50-46-42-38-34-30-26-22-18-14-10-12-16-20-24-28-32-36-40-44-48-52-56-60-64-68-73(3)4/h72-73,75H,5,7-71H2,1-4,6H3. The lowest BCUT2D eigenvalue weighted by Crippen LogP contribution is -2.15. The van der Waals surface area contributed by atoms with Crippen molar-refractivity contribution in [3.8, 4) is 0 Å². The average molecular weight is 1100 g/mol. The Morgan fingerprint density at radius 2 is 0.372 bits per heavy atom. The minimum absolute atomic E-state index is 0.207. The molecule has 0 aromatic rings. The number of esters is 1. The maximum Gasteiger partial charge on any atom is 0.333 e. The average Bonchev–Trinajstić information content (AvgIpc) is 3.42. The molecule has 0 bridgehead atoms. The predicted molar refractivity (Wildman–Crippen MR) is 354 cm³/mol. The molecule has 0 aliphatic heterocycles. The molecule has 0 saturated heterocycles. The van der Waals surface area contributed by atoms with Gasteiger partial charge < -0.3 is 4.74 Å². The summed E-state index contributed by atoms with van der Waals surface area (Å²) < 4.78 is 5.67. The van der Waals surface area contributed by atoms with E-state index in [2.05, 4.69) is 34.3 Å². The normalized spacial score (nSPS) is 12.2. The largest absolute Gasteiger partial charge is 0.462 e. The second-order valence-electron chi connectivity index (χ2n) is 27.4. The highest BCUT2D eigenvalue weighted by atomic mass is 16.5. The van der Waals surface area contributed by atoms with E-state index in [-0.39, 0.29) is 5.97 Å². The zero-order valence-corrected chi connectivity index (χ0v) is 55.2. The molecule has 2 nitrogen and oxygen atoms in total. The van der Waals surface area contributed by atoms with E-state index in [1.807, 2.05) is 0 Å². The van der Waals surface area contributed by atoms with Gasteiger partial charge in [-0.3, -0.25) is 0 Å². The van der Waals surface area contributed by atoms with Gasteiger partial charge in [-0.1, -0.05) is 432 Å². The monoisotopic (exact) mass is 1100 g/mol. The molecule has 0 aromatic heterocycles. The molecule has 0 radical (unpaired) electrons. The SMILES string of the molecule is C=C(C)C(=O)OCC(CCCCCCCCCCCCCCCCCCCCCCCCCCCCCCCCCC(C)C)CCCCCCCCCCCCCCCCCCCCCCCCCCCCCCCC(C)C. The number of unbranched alkanes of at least 4 members (excludes halogenated alkanes) is 58. The topological polar surface area (TPSA) is 26.3 Å². The van der Waals surface area contributed by atoms with E-state index in [1.165, 1.54) is 411 Å². The van der Waals surface area contributed by atoms with Gasteiger partial charge in [0, 0.05) is 5.57 Å². The van der Waals surface area contributed by atoms with Crippen LogP contribution in [0, 0.1) is 17.8 Å². The second-order valence-corrected chi connectivity index (χ2v) is 27.4. The van der Waals surface area contributed by atoms with Gasteiger partial charge in [0.1, 0.15) is 0 Å². The molecular formula is C76H150O2. The van der Waals surface area contributed by atoms with Crippen molar-refractivity contribution in [1.29, 1.82) is 0 Å². The van der Waals surface area contributed by atoms with Crippen LogP contribution >= 0.6 is 0 Å². The molecule has 466 valence electrons. The first-order valence-corrected chi connectivity index (χ1v) is 37.2. The van der Waals surface area contributed by atoms with Crippen molar-refractivity contribution in [2.75, 3.05) is 6.61 Å². The van der Waals surface area contributed by atoms with Crippen LogP contribution in [0.1, 0.15) is 446 Å². The van der Waals surface area contributed by atoms with Crippen LogP contribution in [0.4, 0.5) is 0 Å². The maximum atomic E-state index is 12.2. The van der Waals surface area contributed by atoms with Gasteiger partial charge >= 0.3 is 5.97 Å². The predicted octanol–water partition coefficient (Wildman–Crippen LogP) is 28.0. The van der Waals surface area contributed by atoms with E-state index < -0.39 is 0 Å². The molecule has 1 unspecified atom stereocenters. The van der Waals surface area contributed by atoms with Crippen LogP contribution in [0.25, 0.3) is 0 Å². The summed E-state index contributed by atoms with van der Waals surface area (Å²) in [5.41, 5.74) is 0.529. The van der Waals surface area contributed by atoms with Crippen LogP contribution in [-0.2, 0) is 9.53 Å². The first kappa shape index (κ1) is 77.2.